The van der Waals surface area contributed by atoms with Crippen LogP contribution in [0.2, 0.25) is 0 Å². The fraction of sp³-hybridized carbons (Fsp3) is 0.615. The predicted octanol–water partition coefficient (Wildman–Crippen LogP) is 2.32. The van der Waals surface area contributed by atoms with Crippen LogP contribution in [-0.2, 0) is 13.0 Å². The van der Waals surface area contributed by atoms with Crippen LogP contribution in [0.15, 0.2) is 18.3 Å². The Balaban J connectivity index is 2.61. The Kier molecular flexibility index (Phi) is 4.14. The molecule has 0 bridgehead atoms. The quantitative estimate of drug-likeness (QED) is 0.826. The lowest BCUT2D eigenvalue weighted by Crippen LogP contribution is -2.20. The molecule has 1 rings (SSSR count). The van der Waals surface area contributed by atoms with Crippen LogP contribution in [0, 0.1) is 16.7 Å². The molecule has 1 atom stereocenters. The van der Waals surface area contributed by atoms with Gasteiger partial charge in [0.05, 0.1) is 11.5 Å². The van der Waals surface area contributed by atoms with E-state index in [1.807, 2.05) is 26.8 Å². The Hall–Kier alpha value is -1.27. The molecule has 0 radical (unpaired) electrons. The maximum Gasteiger partial charge on any atom is 0.0684 e. The second kappa shape index (κ2) is 5.18. The number of hydrogen-bond donors (Lipinski definition) is 1. The van der Waals surface area contributed by atoms with Crippen molar-refractivity contribution >= 4 is 0 Å². The molecular formula is C13H21N3. The van der Waals surface area contributed by atoms with Gasteiger partial charge in [-0.2, -0.15) is 5.26 Å². The Morgan fingerprint density at radius 3 is 2.81 bits per heavy atom. The summed E-state index contributed by atoms with van der Waals surface area (Å²) in [4.78, 5) is 0. The van der Waals surface area contributed by atoms with Crippen molar-refractivity contribution in [3.8, 4) is 6.07 Å². The van der Waals surface area contributed by atoms with Crippen molar-refractivity contribution in [3.63, 3.8) is 0 Å². The van der Waals surface area contributed by atoms with Crippen LogP contribution in [0.1, 0.15) is 32.9 Å². The Labute approximate surface area is 97.9 Å². The first-order chi connectivity index (χ1) is 7.44. The van der Waals surface area contributed by atoms with Gasteiger partial charge in [-0.05, 0) is 39.3 Å². The first-order valence-corrected chi connectivity index (χ1v) is 5.75. The van der Waals surface area contributed by atoms with Gasteiger partial charge >= 0.3 is 0 Å². The summed E-state index contributed by atoms with van der Waals surface area (Å²) in [6.45, 7) is 6.84. The molecular weight excluding hydrogens is 198 g/mol. The summed E-state index contributed by atoms with van der Waals surface area (Å²) >= 11 is 0. The monoisotopic (exact) mass is 219 g/mol. The van der Waals surface area contributed by atoms with Crippen molar-refractivity contribution in [2.45, 2.75) is 46.2 Å². The summed E-state index contributed by atoms with van der Waals surface area (Å²) in [6, 6.07) is 6.64. The molecule has 0 saturated heterocycles. The third-order valence-corrected chi connectivity index (χ3v) is 2.74. The van der Waals surface area contributed by atoms with Gasteiger partial charge < -0.3 is 10.3 Å². The van der Waals surface area contributed by atoms with Gasteiger partial charge in [-0.3, -0.25) is 0 Å². The van der Waals surface area contributed by atoms with Crippen LogP contribution in [0.3, 0.4) is 0 Å². The van der Waals surface area contributed by atoms with Gasteiger partial charge in [0, 0.05) is 30.9 Å². The van der Waals surface area contributed by atoms with E-state index in [-0.39, 0.29) is 11.5 Å². The highest BCUT2D eigenvalue weighted by Crippen LogP contribution is 2.20. The molecule has 0 aliphatic rings. The second-order valence-corrected chi connectivity index (χ2v) is 5.12. The van der Waals surface area contributed by atoms with Gasteiger partial charge in [-0.15, -0.1) is 0 Å². The zero-order chi connectivity index (χ0) is 12.2. The van der Waals surface area contributed by atoms with Gasteiger partial charge in [0.15, 0.2) is 0 Å². The first kappa shape index (κ1) is 12.8. The van der Waals surface area contributed by atoms with Crippen molar-refractivity contribution < 1.29 is 0 Å². The van der Waals surface area contributed by atoms with E-state index in [9.17, 15) is 0 Å². The highest BCUT2D eigenvalue weighted by Gasteiger charge is 2.16. The van der Waals surface area contributed by atoms with Gasteiger partial charge in [0.2, 0.25) is 0 Å². The summed E-state index contributed by atoms with van der Waals surface area (Å²) < 4.78 is 2.20. The van der Waals surface area contributed by atoms with Gasteiger partial charge in [-0.25, -0.2) is 0 Å². The Morgan fingerprint density at radius 2 is 2.25 bits per heavy atom. The van der Waals surface area contributed by atoms with Crippen molar-refractivity contribution in [1.29, 1.82) is 5.26 Å². The zero-order valence-electron chi connectivity index (χ0n) is 10.4. The standard InChI is InChI=1S/C13H21N3/c1-11(15)9-12-5-4-7-16(12)8-6-13(2,3)10-14/h4-5,7,11H,6,8-9,15H2,1-3H3. The molecule has 16 heavy (non-hydrogen) atoms. The normalized spacial score (nSPS) is 13.4. The van der Waals surface area contributed by atoms with E-state index in [0.717, 1.165) is 19.4 Å². The summed E-state index contributed by atoms with van der Waals surface area (Å²) in [5.41, 5.74) is 6.79. The molecule has 1 aromatic heterocycles. The molecule has 1 heterocycles. The highest BCUT2D eigenvalue weighted by atomic mass is 15.0. The summed E-state index contributed by atoms with van der Waals surface area (Å²) in [5.74, 6) is 0. The van der Waals surface area contributed by atoms with E-state index < -0.39 is 0 Å². The molecule has 3 nitrogen and oxygen atoms in total. The number of hydrogen-bond acceptors (Lipinski definition) is 2. The van der Waals surface area contributed by atoms with E-state index in [2.05, 4.69) is 22.9 Å². The van der Waals surface area contributed by atoms with Crippen LogP contribution in [0.25, 0.3) is 0 Å². The van der Waals surface area contributed by atoms with Crippen LogP contribution in [0.5, 0.6) is 0 Å². The van der Waals surface area contributed by atoms with E-state index in [1.54, 1.807) is 0 Å². The number of rotatable bonds is 5. The molecule has 0 amide bonds. The minimum atomic E-state index is -0.254. The average molecular weight is 219 g/mol. The summed E-state index contributed by atoms with van der Waals surface area (Å²) in [7, 11) is 0. The minimum absolute atomic E-state index is 0.178. The highest BCUT2D eigenvalue weighted by molar-refractivity contribution is 5.09. The van der Waals surface area contributed by atoms with Gasteiger partial charge in [0.1, 0.15) is 0 Å². The van der Waals surface area contributed by atoms with Crippen molar-refractivity contribution in [2.24, 2.45) is 11.1 Å². The first-order valence-electron chi connectivity index (χ1n) is 5.75. The van der Waals surface area contributed by atoms with Crippen LogP contribution in [-0.4, -0.2) is 10.6 Å². The molecule has 2 N–H and O–H groups in total. The molecule has 1 unspecified atom stereocenters. The summed E-state index contributed by atoms with van der Waals surface area (Å²) in [5, 5.41) is 8.96. The lowest BCUT2D eigenvalue weighted by molar-refractivity contribution is 0.409. The fourth-order valence-electron chi connectivity index (χ4n) is 1.64. The maximum absolute atomic E-state index is 8.96. The molecule has 0 fully saturated rings. The second-order valence-electron chi connectivity index (χ2n) is 5.12. The molecule has 0 aliphatic heterocycles. The Bertz CT molecular complexity index is 369. The van der Waals surface area contributed by atoms with E-state index in [0.29, 0.717) is 0 Å². The Morgan fingerprint density at radius 1 is 1.56 bits per heavy atom. The van der Waals surface area contributed by atoms with Gasteiger partial charge in [0.25, 0.3) is 0 Å². The van der Waals surface area contributed by atoms with E-state index in [4.69, 9.17) is 11.0 Å². The predicted molar refractivity (Wildman–Crippen MR) is 65.8 cm³/mol. The maximum atomic E-state index is 8.96. The topological polar surface area (TPSA) is 54.7 Å². The third kappa shape index (κ3) is 3.71. The molecule has 0 aromatic carbocycles. The molecule has 0 aliphatic carbocycles. The number of aryl methyl sites for hydroxylation is 1. The van der Waals surface area contributed by atoms with E-state index >= 15 is 0 Å². The summed E-state index contributed by atoms with van der Waals surface area (Å²) in [6.07, 6.45) is 3.81. The fourth-order valence-corrected chi connectivity index (χ4v) is 1.64. The van der Waals surface area contributed by atoms with Crippen molar-refractivity contribution in [1.82, 2.24) is 4.57 Å². The average Bonchev–Trinajstić information content (AvgIpc) is 2.62. The van der Waals surface area contributed by atoms with Gasteiger partial charge in [-0.1, -0.05) is 0 Å². The van der Waals surface area contributed by atoms with Crippen LogP contribution in [0.4, 0.5) is 0 Å². The lowest BCUT2D eigenvalue weighted by Gasteiger charge is -2.17. The lowest BCUT2D eigenvalue weighted by atomic mass is 9.91. The molecule has 88 valence electrons. The van der Waals surface area contributed by atoms with Crippen LogP contribution < -0.4 is 5.73 Å². The number of aromatic nitrogens is 1. The van der Waals surface area contributed by atoms with Crippen molar-refractivity contribution in [3.05, 3.63) is 24.0 Å². The molecule has 1 aromatic rings. The number of nitrogens with zero attached hydrogens (tertiary/aromatic N) is 2. The molecule has 0 spiro atoms. The number of nitriles is 1. The zero-order valence-corrected chi connectivity index (χ0v) is 10.4. The van der Waals surface area contributed by atoms with E-state index in [1.165, 1.54) is 5.69 Å². The van der Waals surface area contributed by atoms with Crippen molar-refractivity contribution in [2.75, 3.05) is 0 Å². The largest absolute Gasteiger partial charge is 0.351 e. The molecule has 3 heteroatoms. The number of nitrogens with two attached hydrogens (primary N) is 1. The van der Waals surface area contributed by atoms with Crippen LogP contribution >= 0.6 is 0 Å². The smallest absolute Gasteiger partial charge is 0.0684 e. The molecule has 0 saturated carbocycles. The third-order valence-electron chi connectivity index (χ3n) is 2.74. The SMILES string of the molecule is CC(N)Cc1cccn1CCC(C)(C)C#N. The minimum Gasteiger partial charge on any atom is -0.351 e.